The lowest BCUT2D eigenvalue weighted by Crippen LogP contribution is -2.10. The van der Waals surface area contributed by atoms with Crippen molar-refractivity contribution in [2.24, 2.45) is 0 Å². The van der Waals surface area contributed by atoms with Crippen molar-refractivity contribution in [2.75, 3.05) is 0 Å². The molecule has 88 valence electrons. The fourth-order valence-corrected chi connectivity index (χ4v) is 1.49. The number of halogens is 1. The number of hydrogen-bond donors (Lipinski definition) is 1. The average Bonchev–Trinajstić information content (AvgIpc) is 2.29. The Labute approximate surface area is 101 Å². The van der Waals surface area contributed by atoms with Crippen LogP contribution in [-0.2, 0) is 15.5 Å². The molecule has 2 rings (SSSR count). The summed E-state index contributed by atoms with van der Waals surface area (Å²) in [6, 6.07) is 5.54. The van der Waals surface area contributed by atoms with Gasteiger partial charge in [-0.05, 0) is 24.6 Å². The number of nitrogens with one attached hydrogen (secondary N) is 1. The molecule has 0 spiro atoms. The molecule has 1 aromatic heterocycles. The Morgan fingerprint density at radius 3 is 2.65 bits per heavy atom. The van der Waals surface area contributed by atoms with E-state index in [-0.39, 0.29) is 17.6 Å². The van der Waals surface area contributed by atoms with E-state index < -0.39 is 0 Å². The van der Waals surface area contributed by atoms with Crippen molar-refractivity contribution in [3.63, 3.8) is 0 Å². The highest BCUT2D eigenvalue weighted by atomic mass is 35.5. The largest absolute Gasteiger partial charge is 0.373 e. The van der Waals surface area contributed by atoms with Crippen molar-refractivity contribution in [2.45, 2.75) is 12.8 Å². The topological polar surface area (TPSA) is 79.9 Å². The molecule has 0 saturated carbocycles. The van der Waals surface area contributed by atoms with Gasteiger partial charge in [0.25, 0.3) is 5.56 Å². The minimum absolute atomic E-state index is 0.134. The molecule has 0 amide bonds. The van der Waals surface area contributed by atoms with Crippen LogP contribution >= 0.6 is 11.6 Å². The Hall–Kier alpha value is -1.97. The molecule has 17 heavy (non-hydrogen) atoms. The highest BCUT2D eigenvalue weighted by Crippen LogP contribution is 2.09. The zero-order valence-electron chi connectivity index (χ0n) is 8.99. The van der Waals surface area contributed by atoms with E-state index in [1.165, 1.54) is 0 Å². The summed E-state index contributed by atoms with van der Waals surface area (Å²) >= 11 is 5.61. The fraction of sp³-hybridized carbons (Fsp3) is 0.182. The number of H-pyrrole nitrogens is 1. The number of fused-ring (bicyclic) bond motifs is 1. The second kappa shape index (κ2) is 5.94. The molecule has 0 unspecified atom stereocenters. The summed E-state index contributed by atoms with van der Waals surface area (Å²) in [5.41, 5.74) is 1.64. The van der Waals surface area contributed by atoms with Gasteiger partial charge in [0.05, 0.1) is 16.8 Å². The lowest BCUT2D eigenvalue weighted by Gasteiger charge is -2.00. The maximum atomic E-state index is 11.5. The molecule has 0 aliphatic rings. The number of aromatic nitrogens is 2. The van der Waals surface area contributed by atoms with Gasteiger partial charge in [-0.25, -0.2) is 4.98 Å². The lowest BCUT2D eigenvalue weighted by atomic mass is 10.2. The molecule has 0 saturated heterocycles. The van der Waals surface area contributed by atoms with Crippen molar-refractivity contribution in [1.29, 1.82) is 0 Å². The van der Waals surface area contributed by atoms with E-state index in [4.69, 9.17) is 21.2 Å². The molecule has 2 aromatic rings. The minimum Gasteiger partial charge on any atom is -0.309 e. The zero-order chi connectivity index (χ0) is 12.8. The number of alkyl halides is 1. The number of rotatable bonds is 1. The van der Waals surface area contributed by atoms with Crippen LogP contribution in [0, 0.1) is 6.92 Å². The quantitative estimate of drug-likeness (QED) is 0.778. The Bertz CT molecular complexity index is 616. The summed E-state index contributed by atoms with van der Waals surface area (Å²) in [7, 11) is 0. The van der Waals surface area contributed by atoms with Crippen molar-refractivity contribution in [3.8, 4) is 0 Å². The second-order valence-electron chi connectivity index (χ2n) is 3.25. The van der Waals surface area contributed by atoms with E-state index >= 15 is 0 Å². The number of aromatic amines is 1. The molecule has 1 aromatic carbocycles. The first-order valence-electron chi connectivity index (χ1n) is 4.67. The van der Waals surface area contributed by atoms with Crippen LogP contribution in [-0.4, -0.2) is 16.1 Å². The SMILES string of the molecule is Cc1ccc2c(=O)[nH]c(CCl)nc2c1.O=C=O. The average molecular weight is 253 g/mol. The van der Waals surface area contributed by atoms with Crippen molar-refractivity contribution in [3.05, 3.63) is 39.9 Å². The number of aryl methyl sites for hydroxylation is 1. The van der Waals surface area contributed by atoms with Gasteiger partial charge < -0.3 is 4.98 Å². The molecule has 1 N–H and O–H groups in total. The van der Waals surface area contributed by atoms with Gasteiger partial charge in [-0.2, -0.15) is 9.59 Å². The highest BCUT2D eigenvalue weighted by Gasteiger charge is 2.02. The molecule has 5 nitrogen and oxygen atoms in total. The van der Waals surface area contributed by atoms with E-state index in [1.807, 2.05) is 19.1 Å². The number of benzene rings is 1. The molecular weight excluding hydrogens is 244 g/mol. The summed E-state index contributed by atoms with van der Waals surface area (Å²) in [5.74, 6) is 0.730. The summed E-state index contributed by atoms with van der Waals surface area (Å²) in [5, 5.41) is 0.601. The molecule has 0 bridgehead atoms. The maximum Gasteiger partial charge on any atom is 0.373 e. The van der Waals surface area contributed by atoms with Gasteiger partial charge in [0.15, 0.2) is 0 Å². The molecular formula is C11H9ClN2O3. The third kappa shape index (κ3) is 3.24. The molecule has 1 heterocycles. The van der Waals surface area contributed by atoms with E-state index in [2.05, 4.69) is 9.97 Å². The Morgan fingerprint density at radius 1 is 1.41 bits per heavy atom. The van der Waals surface area contributed by atoms with E-state index in [0.29, 0.717) is 16.7 Å². The number of carbonyl (C=O) groups excluding carboxylic acids is 2. The Morgan fingerprint density at radius 2 is 2.06 bits per heavy atom. The lowest BCUT2D eigenvalue weighted by molar-refractivity contribution is -0.191. The van der Waals surface area contributed by atoms with E-state index in [0.717, 1.165) is 5.56 Å². The summed E-state index contributed by atoms with van der Waals surface area (Å²) in [6.45, 7) is 1.96. The molecule has 0 radical (unpaired) electrons. The van der Waals surface area contributed by atoms with Gasteiger partial charge in [-0.15, -0.1) is 11.6 Å². The van der Waals surface area contributed by atoms with Crippen molar-refractivity contribution in [1.82, 2.24) is 9.97 Å². The Balaban J connectivity index is 0.000000437. The van der Waals surface area contributed by atoms with Gasteiger partial charge in [0, 0.05) is 0 Å². The van der Waals surface area contributed by atoms with Crippen LogP contribution < -0.4 is 5.56 Å². The summed E-state index contributed by atoms with van der Waals surface area (Å²) < 4.78 is 0. The second-order valence-corrected chi connectivity index (χ2v) is 3.52. The normalized spacial score (nSPS) is 9.29. The van der Waals surface area contributed by atoms with Crippen LogP contribution in [0.15, 0.2) is 23.0 Å². The molecule has 0 aliphatic heterocycles. The molecule has 0 fully saturated rings. The number of hydrogen-bond acceptors (Lipinski definition) is 4. The minimum atomic E-state index is -0.134. The van der Waals surface area contributed by atoms with E-state index in [1.54, 1.807) is 6.07 Å². The molecule has 0 atom stereocenters. The van der Waals surface area contributed by atoms with Crippen LogP contribution in [0.2, 0.25) is 0 Å². The van der Waals surface area contributed by atoms with Gasteiger partial charge in [-0.3, -0.25) is 4.79 Å². The van der Waals surface area contributed by atoms with Crippen molar-refractivity contribution < 1.29 is 9.59 Å². The van der Waals surface area contributed by atoms with Gasteiger partial charge in [0.2, 0.25) is 0 Å². The predicted octanol–water partition coefficient (Wildman–Crippen LogP) is 1.39. The Kier molecular flexibility index (Phi) is 4.57. The summed E-state index contributed by atoms with van der Waals surface area (Å²) in [6.07, 6.45) is 0.250. The van der Waals surface area contributed by atoms with Gasteiger partial charge in [0.1, 0.15) is 5.82 Å². The van der Waals surface area contributed by atoms with Crippen LogP contribution in [0.5, 0.6) is 0 Å². The highest BCUT2D eigenvalue weighted by molar-refractivity contribution is 6.16. The van der Waals surface area contributed by atoms with Gasteiger partial charge >= 0.3 is 6.15 Å². The predicted molar refractivity (Wildman–Crippen MR) is 61.7 cm³/mol. The fourth-order valence-electron chi connectivity index (χ4n) is 1.36. The zero-order valence-corrected chi connectivity index (χ0v) is 9.75. The first kappa shape index (κ1) is 13.1. The van der Waals surface area contributed by atoms with Crippen LogP contribution in [0.25, 0.3) is 10.9 Å². The first-order valence-corrected chi connectivity index (χ1v) is 5.20. The monoisotopic (exact) mass is 252 g/mol. The van der Waals surface area contributed by atoms with Crippen LogP contribution in [0.3, 0.4) is 0 Å². The van der Waals surface area contributed by atoms with Crippen LogP contribution in [0.4, 0.5) is 0 Å². The first-order chi connectivity index (χ1) is 8.12. The smallest absolute Gasteiger partial charge is 0.309 e. The van der Waals surface area contributed by atoms with Gasteiger partial charge in [-0.1, -0.05) is 6.07 Å². The van der Waals surface area contributed by atoms with Crippen LogP contribution in [0.1, 0.15) is 11.4 Å². The van der Waals surface area contributed by atoms with E-state index in [9.17, 15) is 4.79 Å². The van der Waals surface area contributed by atoms with Crippen molar-refractivity contribution >= 4 is 28.7 Å². The molecule has 6 heteroatoms. The maximum absolute atomic E-state index is 11.5. The molecule has 0 aliphatic carbocycles. The summed E-state index contributed by atoms with van der Waals surface area (Å²) in [4.78, 5) is 34.6. The standard InChI is InChI=1S/C10H9ClN2O.CO2/c1-6-2-3-7-8(4-6)12-9(5-11)13-10(7)14;2-1-3/h2-4H,5H2,1H3,(H,12,13,14);. The third-order valence-electron chi connectivity index (χ3n) is 2.04. The third-order valence-corrected chi connectivity index (χ3v) is 2.29. The number of nitrogens with zero attached hydrogens (tertiary/aromatic N) is 1.